The second-order valence-corrected chi connectivity index (χ2v) is 4.39. The molecule has 0 N–H and O–H groups in total. The third-order valence-corrected chi connectivity index (χ3v) is 3.02. The molecule has 0 aliphatic rings. The first-order valence-electron chi connectivity index (χ1n) is 5.32. The van der Waals surface area contributed by atoms with Crippen LogP contribution in [0.2, 0.25) is 5.02 Å². The van der Waals surface area contributed by atoms with Gasteiger partial charge in [-0.05, 0) is 0 Å². The summed E-state index contributed by atoms with van der Waals surface area (Å²) in [6.45, 7) is 0. The normalized spacial score (nSPS) is 10.9. The van der Waals surface area contributed by atoms with Crippen molar-refractivity contribution >= 4 is 17.3 Å². The van der Waals surface area contributed by atoms with Crippen molar-refractivity contribution in [3.8, 4) is 11.1 Å². The average Bonchev–Trinajstić information content (AvgIpc) is 2.45. The van der Waals surface area contributed by atoms with Crippen LogP contribution in [0.15, 0.2) is 12.1 Å². The summed E-state index contributed by atoms with van der Waals surface area (Å²) in [5.41, 5.74) is -3.75. The fraction of sp³-hybridized carbons (Fsp3) is 0. The molecule has 0 amide bonds. The maximum absolute atomic E-state index is 13.7. The number of halogens is 7. The Bertz CT molecular complexity index is 782. The molecule has 0 aliphatic heterocycles. The number of nitrogens with zero attached hydrogens (tertiary/aromatic N) is 1. The summed E-state index contributed by atoms with van der Waals surface area (Å²) in [4.78, 5) is 9.58. The Kier molecular flexibility index (Phi) is 4.01. The number of hydrogen-bond acceptors (Lipinski definition) is 2. The predicted molar refractivity (Wildman–Crippen MR) is 63.3 cm³/mol. The van der Waals surface area contributed by atoms with E-state index in [1.165, 1.54) is 0 Å². The van der Waals surface area contributed by atoms with E-state index < -0.39 is 61.7 Å². The summed E-state index contributed by atoms with van der Waals surface area (Å²) in [6, 6.07) is 0.628. The molecule has 0 aromatic heterocycles. The first-order chi connectivity index (χ1) is 10.2. The van der Waals surface area contributed by atoms with Crippen LogP contribution in [0.25, 0.3) is 11.1 Å². The van der Waals surface area contributed by atoms with Crippen LogP contribution in [0, 0.1) is 45.0 Å². The quantitative estimate of drug-likeness (QED) is 0.260. The molecule has 0 fully saturated rings. The van der Waals surface area contributed by atoms with Gasteiger partial charge >= 0.3 is 0 Å². The van der Waals surface area contributed by atoms with Crippen molar-refractivity contribution in [2.45, 2.75) is 0 Å². The Morgan fingerprint density at radius 3 is 1.77 bits per heavy atom. The second kappa shape index (κ2) is 5.48. The van der Waals surface area contributed by atoms with Crippen LogP contribution in [0.1, 0.15) is 0 Å². The van der Waals surface area contributed by atoms with Gasteiger partial charge in [0, 0.05) is 17.7 Å². The highest BCUT2D eigenvalue weighted by molar-refractivity contribution is 6.32. The molecule has 116 valence electrons. The lowest BCUT2D eigenvalue weighted by molar-refractivity contribution is -0.384. The monoisotopic (exact) mass is 341 g/mol. The van der Waals surface area contributed by atoms with Gasteiger partial charge in [-0.3, -0.25) is 10.1 Å². The van der Waals surface area contributed by atoms with Crippen LogP contribution in [0.5, 0.6) is 0 Å². The van der Waals surface area contributed by atoms with E-state index in [2.05, 4.69) is 0 Å². The molecule has 0 atom stereocenters. The van der Waals surface area contributed by atoms with Crippen molar-refractivity contribution in [2.75, 3.05) is 0 Å². The first-order valence-corrected chi connectivity index (χ1v) is 5.69. The largest absolute Gasteiger partial charge is 0.288 e. The van der Waals surface area contributed by atoms with Crippen LogP contribution in [-0.2, 0) is 0 Å². The third-order valence-electron chi connectivity index (χ3n) is 2.71. The third kappa shape index (κ3) is 2.37. The molecule has 2 rings (SSSR count). The molecule has 0 saturated carbocycles. The van der Waals surface area contributed by atoms with Crippen LogP contribution in [-0.4, -0.2) is 4.92 Å². The smallest absolute Gasteiger partial charge is 0.258 e. The van der Waals surface area contributed by atoms with E-state index in [1.54, 1.807) is 0 Å². The molecule has 10 heteroatoms. The molecular weight excluding hydrogens is 340 g/mol. The van der Waals surface area contributed by atoms with Gasteiger partial charge in [-0.15, -0.1) is 0 Å². The van der Waals surface area contributed by atoms with Crippen molar-refractivity contribution < 1.29 is 31.3 Å². The van der Waals surface area contributed by atoms with Gasteiger partial charge in [0.1, 0.15) is 10.8 Å². The highest BCUT2D eigenvalue weighted by Gasteiger charge is 2.29. The predicted octanol–water partition coefficient (Wildman–Crippen LogP) is 4.75. The minimum atomic E-state index is -2.43. The van der Waals surface area contributed by atoms with Gasteiger partial charge in [0.25, 0.3) is 5.69 Å². The van der Waals surface area contributed by atoms with Gasteiger partial charge in [-0.2, -0.15) is 0 Å². The Morgan fingerprint density at radius 2 is 1.32 bits per heavy atom. The van der Waals surface area contributed by atoms with Crippen molar-refractivity contribution in [2.24, 2.45) is 0 Å². The number of nitro benzene ring substituents is 1. The Hall–Kier alpha value is -2.29. The second-order valence-electron chi connectivity index (χ2n) is 3.99. The molecule has 0 radical (unpaired) electrons. The van der Waals surface area contributed by atoms with Crippen LogP contribution in [0.4, 0.5) is 32.0 Å². The van der Waals surface area contributed by atoms with E-state index in [4.69, 9.17) is 11.6 Å². The Morgan fingerprint density at radius 1 is 0.864 bits per heavy atom. The lowest BCUT2D eigenvalue weighted by atomic mass is 10.0. The zero-order valence-electron chi connectivity index (χ0n) is 10.1. The zero-order valence-corrected chi connectivity index (χ0v) is 10.8. The Labute approximate surface area is 122 Å². The number of benzene rings is 2. The first kappa shape index (κ1) is 16.1. The van der Waals surface area contributed by atoms with E-state index in [9.17, 15) is 36.5 Å². The van der Waals surface area contributed by atoms with Crippen molar-refractivity contribution in [3.63, 3.8) is 0 Å². The number of hydrogen-bond donors (Lipinski definition) is 0. The van der Waals surface area contributed by atoms with Gasteiger partial charge in [0.2, 0.25) is 5.82 Å². The van der Waals surface area contributed by atoms with E-state index in [0.717, 1.165) is 0 Å². The molecule has 0 spiro atoms. The number of nitro groups is 1. The SMILES string of the molecule is O=[N+]([O-])c1cc(-c2c(F)c(F)c(F)c(F)c2F)c(F)cc1Cl. The lowest BCUT2D eigenvalue weighted by Crippen LogP contribution is -2.05. The summed E-state index contributed by atoms with van der Waals surface area (Å²) < 4.78 is 80.1. The minimum absolute atomic E-state index is 0.288. The van der Waals surface area contributed by atoms with Crippen molar-refractivity contribution in [1.82, 2.24) is 0 Å². The summed E-state index contributed by atoms with van der Waals surface area (Å²) in [5.74, 6) is -13.1. The standard InChI is InChI=1S/C12H2ClF6NO2/c13-4-2-5(14)3(1-6(4)20(21)22)7-8(15)10(17)12(19)11(18)9(7)16/h1-2H. The molecule has 2 aromatic rings. The summed E-state index contributed by atoms with van der Waals surface area (Å²) >= 11 is 5.37. The summed E-state index contributed by atoms with van der Waals surface area (Å²) in [7, 11) is 0. The highest BCUT2D eigenvalue weighted by atomic mass is 35.5. The molecule has 0 heterocycles. The van der Waals surface area contributed by atoms with E-state index in [-0.39, 0.29) is 6.07 Å². The van der Waals surface area contributed by atoms with Crippen molar-refractivity contribution in [1.29, 1.82) is 0 Å². The maximum Gasteiger partial charge on any atom is 0.288 e. The maximum atomic E-state index is 13.7. The molecule has 0 unspecified atom stereocenters. The molecule has 0 saturated heterocycles. The van der Waals surface area contributed by atoms with Gasteiger partial charge in [-0.25, -0.2) is 26.3 Å². The van der Waals surface area contributed by atoms with Crippen molar-refractivity contribution in [3.05, 3.63) is 62.2 Å². The lowest BCUT2D eigenvalue weighted by Gasteiger charge is -2.09. The molecule has 0 bridgehead atoms. The van der Waals surface area contributed by atoms with Gasteiger partial charge in [0.15, 0.2) is 23.3 Å². The fourth-order valence-electron chi connectivity index (χ4n) is 1.71. The number of rotatable bonds is 2. The summed E-state index contributed by atoms with van der Waals surface area (Å²) in [6.07, 6.45) is 0. The Balaban J connectivity index is 2.89. The zero-order chi connectivity index (χ0) is 16.8. The average molecular weight is 342 g/mol. The van der Waals surface area contributed by atoms with Crippen LogP contribution >= 0.6 is 11.6 Å². The minimum Gasteiger partial charge on any atom is -0.258 e. The van der Waals surface area contributed by atoms with Crippen LogP contribution in [0.3, 0.4) is 0 Å². The van der Waals surface area contributed by atoms with E-state index in [1.807, 2.05) is 0 Å². The topological polar surface area (TPSA) is 43.1 Å². The molecular formula is C12H2ClF6NO2. The van der Waals surface area contributed by atoms with Crippen LogP contribution < -0.4 is 0 Å². The van der Waals surface area contributed by atoms with Gasteiger partial charge in [-0.1, -0.05) is 11.6 Å². The van der Waals surface area contributed by atoms with Gasteiger partial charge < -0.3 is 0 Å². The molecule has 2 aromatic carbocycles. The summed E-state index contributed by atoms with van der Waals surface area (Å²) in [5, 5.41) is 9.98. The van der Waals surface area contributed by atoms with Gasteiger partial charge in [0.05, 0.1) is 10.5 Å². The van der Waals surface area contributed by atoms with E-state index >= 15 is 0 Å². The highest BCUT2D eigenvalue weighted by Crippen LogP contribution is 2.37. The fourth-order valence-corrected chi connectivity index (χ4v) is 1.93. The molecule has 3 nitrogen and oxygen atoms in total. The molecule has 0 aliphatic carbocycles. The molecule has 22 heavy (non-hydrogen) atoms. The van der Waals surface area contributed by atoms with E-state index in [0.29, 0.717) is 6.07 Å².